The fraction of sp³-hybridized carbons (Fsp3) is 0.357. The molecular formula is C14H15FO3. The van der Waals surface area contributed by atoms with Gasteiger partial charge in [0.25, 0.3) is 0 Å². The van der Waals surface area contributed by atoms with Gasteiger partial charge in [0, 0.05) is 5.92 Å². The van der Waals surface area contributed by atoms with Crippen molar-refractivity contribution in [1.29, 1.82) is 0 Å². The Morgan fingerprint density at radius 1 is 1.39 bits per heavy atom. The third-order valence-corrected chi connectivity index (χ3v) is 2.86. The monoisotopic (exact) mass is 250 g/mol. The van der Waals surface area contributed by atoms with Crippen LogP contribution in [0.5, 0.6) is 0 Å². The van der Waals surface area contributed by atoms with Crippen LogP contribution in [-0.4, -0.2) is 18.9 Å². The molecule has 96 valence electrons. The molecule has 1 aliphatic carbocycles. The number of hydrogen-bond acceptors (Lipinski definition) is 3. The Kier molecular flexibility index (Phi) is 3.97. The number of allylic oxidation sites excluding steroid dienone is 1. The van der Waals surface area contributed by atoms with Crippen molar-refractivity contribution < 1.29 is 18.7 Å². The number of halogens is 1. The lowest BCUT2D eigenvalue weighted by atomic mass is 9.98. The molecule has 0 saturated carbocycles. The zero-order chi connectivity index (χ0) is 13.0. The zero-order valence-corrected chi connectivity index (χ0v) is 10.1. The molecule has 0 bridgehead atoms. The molecule has 3 nitrogen and oxygen atoms in total. The molecule has 4 heteroatoms. The number of rotatable bonds is 3. The number of ether oxygens (including phenoxy) is 2. The van der Waals surface area contributed by atoms with E-state index in [0.29, 0.717) is 12.0 Å². The van der Waals surface area contributed by atoms with Crippen LogP contribution in [0.3, 0.4) is 0 Å². The summed E-state index contributed by atoms with van der Waals surface area (Å²) in [6.45, 7) is 2.00. The highest BCUT2D eigenvalue weighted by Crippen LogP contribution is 2.31. The maximum absolute atomic E-state index is 13.6. The van der Waals surface area contributed by atoms with Crippen molar-refractivity contribution >= 4 is 6.16 Å². The SMILES string of the molecule is CCOC(=O)O[C@H]1C=C[C@H](c2ccccc2F)C1. The van der Waals surface area contributed by atoms with E-state index in [2.05, 4.69) is 0 Å². The molecular weight excluding hydrogens is 235 g/mol. The van der Waals surface area contributed by atoms with Crippen molar-refractivity contribution in [3.05, 3.63) is 47.8 Å². The number of benzene rings is 1. The number of carbonyl (C=O) groups is 1. The summed E-state index contributed by atoms with van der Waals surface area (Å²) >= 11 is 0. The van der Waals surface area contributed by atoms with Crippen LogP contribution in [0.15, 0.2) is 36.4 Å². The van der Waals surface area contributed by atoms with Crippen molar-refractivity contribution in [2.45, 2.75) is 25.4 Å². The molecule has 1 aromatic carbocycles. The van der Waals surface area contributed by atoms with E-state index in [0.717, 1.165) is 0 Å². The second-order valence-electron chi connectivity index (χ2n) is 4.09. The summed E-state index contributed by atoms with van der Waals surface area (Å²) in [5.41, 5.74) is 0.628. The highest BCUT2D eigenvalue weighted by Gasteiger charge is 2.25. The van der Waals surface area contributed by atoms with Gasteiger partial charge in [0.1, 0.15) is 11.9 Å². The molecule has 0 amide bonds. The van der Waals surface area contributed by atoms with Crippen LogP contribution in [0.1, 0.15) is 24.8 Å². The maximum Gasteiger partial charge on any atom is 0.508 e. The summed E-state index contributed by atoms with van der Waals surface area (Å²) < 4.78 is 23.4. The van der Waals surface area contributed by atoms with Crippen molar-refractivity contribution in [2.75, 3.05) is 6.61 Å². The van der Waals surface area contributed by atoms with Gasteiger partial charge in [0.2, 0.25) is 0 Å². The van der Waals surface area contributed by atoms with E-state index in [1.54, 1.807) is 31.2 Å². The first kappa shape index (κ1) is 12.6. The van der Waals surface area contributed by atoms with Gasteiger partial charge in [-0.2, -0.15) is 0 Å². The number of carbonyl (C=O) groups excluding carboxylic acids is 1. The van der Waals surface area contributed by atoms with Gasteiger partial charge in [-0.05, 0) is 31.1 Å². The Labute approximate surface area is 105 Å². The van der Waals surface area contributed by atoms with Crippen LogP contribution < -0.4 is 0 Å². The summed E-state index contributed by atoms with van der Waals surface area (Å²) in [4.78, 5) is 11.2. The fourth-order valence-corrected chi connectivity index (χ4v) is 2.03. The Morgan fingerprint density at radius 2 is 2.17 bits per heavy atom. The highest BCUT2D eigenvalue weighted by molar-refractivity contribution is 5.60. The lowest BCUT2D eigenvalue weighted by Crippen LogP contribution is -2.16. The first-order valence-electron chi connectivity index (χ1n) is 5.97. The smallest absolute Gasteiger partial charge is 0.435 e. The topological polar surface area (TPSA) is 35.5 Å². The predicted octanol–water partition coefficient (Wildman–Crippen LogP) is 3.41. The third kappa shape index (κ3) is 2.88. The van der Waals surface area contributed by atoms with Gasteiger partial charge >= 0.3 is 6.16 Å². The second kappa shape index (κ2) is 5.67. The fourth-order valence-electron chi connectivity index (χ4n) is 2.03. The minimum atomic E-state index is -0.679. The Bertz CT molecular complexity index is 456. The minimum Gasteiger partial charge on any atom is -0.435 e. The van der Waals surface area contributed by atoms with E-state index in [4.69, 9.17) is 9.47 Å². The summed E-state index contributed by atoms with van der Waals surface area (Å²) in [7, 11) is 0. The highest BCUT2D eigenvalue weighted by atomic mass is 19.1. The molecule has 2 atom stereocenters. The van der Waals surface area contributed by atoms with Gasteiger partial charge in [-0.15, -0.1) is 0 Å². The molecule has 0 fully saturated rings. The lowest BCUT2D eigenvalue weighted by molar-refractivity contribution is 0.0398. The predicted molar refractivity (Wildman–Crippen MR) is 64.8 cm³/mol. The van der Waals surface area contributed by atoms with Crippen molar-refractivity contribution in [2.24, 2.45) is 0 Å². The molecule has 0 aliphatic heterocycles. The van der Waals surface area contributed by atoms with Gasteiger partial charge in [0.05, 0.1) is 6.61 Å². The molecule has 0 unspecified atom stereocenters. The molecule has 0 radical (unpaired) electrons. The molecule has 18 heavy (non-hydrogen) atoms. The lowest BCUT2D eigenvalue weighted by Gasteiger charge is -2.13. The van der Waals surface area contributed by atoms with Crippen molar-refractivity contribution in [3.63, 3.8) is 0 Å². The molecule has 1 aromatic rings. The first-order chi connectivity index (χ1) is 8.70. The van der Waals surface area contributed by atoms with Crippen LogP contribution in [0.25, 0.3) is 0 Å². The van der Waals surface area contributed by atoms with Crippen LogP contribution >= 0.6 is 0 Å². The molecule has 0 spiro atoms. The van der Waals surface area contributed by atoms with Gasteiger partial charge < -0.3 is 9.47 Å². The summed E-state index contributed by atoms with van der Waals surface area (Å²) in [6.07, 6.45) is 3.17. The Morgan fingerprint density at radius 3 is 2.89 bits per heavy atom. The second-order valence-corrected chi connectivity index (χ2v) is 4.09. The molecule has 0 aromatic heterocycles. The normalized spacial score (nSPS) is 21.9. The number of hydrogen-bond donors (Lipinski definition) is 0. The molecule has 2 rings (SSSR count). The van der Waals surface area contributed by atoms with E-state index >= 15 is 0 Å². The van der Waals surface area contributed by atoms with Crippen LogP contribution in [0, 0.1) is 5.82 Å². The van der Waals surface area contributed by atoms with Gasteiger partial charge in [-0.25, -0.2) is 9.18 Å². The van der Waals surface area contributed by atoms with Crippen molar-refractivity contribution in [3.8, 4) is 0 Å². The van der Waals surface area contributed by atoms with Crippen LogP contribution in [0.2, 0.25) is 0 Å². The van der Waals surface area contributed by atoms with Gasteiger partial charge in [-0.1, -0.05) is 24.3 Å². The summed E-state index contributed by atoms with van der Waals surface area (Å²) in [6, 6.07) is 6.63. The minimum absolute atomic E-state index is 0.0503. The van der Waals surface area contributed by atoms with E-state index < -0.39 is 6.16 Å². The largest absolute Gasteiger partial charge is 0.508 e. The Hall–Kier alpha value is -1.84. The van der Waals surface area contributed by atoms with Crippen LogP contribution in [0.4, 0.5) is 9.18 Å². The van der Waals surface area contributed by atoms with Crippen LogP contribution in [-0.2, 0) is 9.47 Å². The van der Waals surface area contributed by atoms with E-state index in [1.165, 1.54) is 6.07 Å². The standard InChI is InChI=1S/C14H15FO3/c1-2-17-14(16)18-11-8-7-10(9-11)12-5-3-4-6-13(12)15/h3-8,10-11H,2,9H2,1H3/t10-,11-/m0/s1. The van der Waals surface area contributed by atoms with E-state index in [9.17, 15) is 9.18 Å². The third-order valence-electron chi connectivity index (χ3n) is 2.86. The van der Waals surface area contributed by atoms with Crippen molar-refractivity contribution in [1.82, 2.24) is 0 Å². The quantitative estimate of drug-likeness (QED) is 0.609. The first-order valence-corrected chi connectivity index (χ1v) is 5.97. The molecule has 0 N–H and O–H groups in total. The summed E-state index contributed by atoms with van der Waals surface area (Å²) in [5.74, 6) is -0.283. The molecule has 0 heterocycles. The summed E-state index contributed by atoms with van der Waals surface area (Å²) in [5, 5.41) is 0. The average Bonchev–Trinajstić information content (AvgIpc) is 2.78. The molecule has 0 saturated heterocycles. The molecule has 1 aliphatic rings. The van der Waals surface area contributed by atoms with Gasteiger partial charge in [0.15, 0.2) is 0 Å². The van der Waals surface area contributed by atoms with E-state index in [-0.39, 0.29) is 24.4 Å². The van der Waals surface area contributed by atoms with E-state index in [1.807, 2.05) is 6.08 Å². The van der Waals surface area contributed by atoms with Gasteiger partial charge in [-0.3, -0.25) is 0 Å². The maximum atomic E-state index is 13.6. The average molecular weight is 250 g/mol. The zero-order valence-electron chi connectivity index (χ0n) is 10.1. The Balaban J connectivity index is 1.96.